The van der Waals surface area contributed by atoms with Crippen LogP contribution in [0.4, 0.5) is 5.69 Å². The first kappa shape index (κ1) is 12.3. The molecule has 0 saturated carbocycles. The van der Waals surface area contributed by atoms with Gasteiger partial charge in [0.25, 0.3) is 0 Å². The molecule has 5 nitrogen and oxygen atoms in total. The summed E-state index contributed by atoms with van der Waals surface area (Å²) in [5.41, 5.74) is 10.4. The zero-order valence-corrected chi connectivity index (χ0v) is 11.2. The summed E-state index contributed by atoms with van der Waals surface area (Å²) in [7, 11) is 0. The van der Waals surface area contributed by atoms with Crippen LogP contribution in [0.15, 0.2) is 49.1 Å². The van der Waals surface area contributed by atoms with E-state index in [0.29, 0.717) is 23.6 Å². The molecule has 2 heterocycles. The molecule has 20 heavy (non-hydrogen) atoms. The Hall–Kier alpha value is -2.69. The van der Waals surface area contributed by atoms with Crippen molar-refractivity contribution in [3.8, 4) is 11.4 Å². The number of benzene rings is 1. The van der Waals surface area contributed by atoms with Crippen LogP contribution >= 0.6 is 0 Å². The quantitative estimate of drug-likeness (QED) is 0.788. The first-order valence-corrected chi connectivity index (χ1v) is 6.37. The fourth-order valence-electron chi connectivity index (χ4n) is 2.14. The summed E-state index contributed by atoms with van der Waals surface area (Å²) >= 11 is 0. The highest BCUT2D eigenvalue weighted by Gasteiger charge is 2.10. The van der Waals surface area contributed by atoms with Gasteiger partial charge in [0.2, 0.25) is 0 Å². The molecule has 2 aromatic heterocycles. The maximum atomic E-state index is 6.01. The minimum absolute atomic E-state index is 0.609. The van der Waals surface area contributed by atoms with Gasteiger partial charge in [0.1, 0.15) is 11.4 Å². The van der Waals surface area contributed by atoms with Gasteiger partial charge in [-0.05, 0) is 12.5 Å². The van der Waals surface area contributed by atoms with Gasteiger partial charge in [-0.15, -0.1) is 0 Å². The first-order valence-electron chi connectivity index (χ1n) is 6.37. The highest BCUT2D eigenvalue weighted by Crippen LogP contribution is 2.21. The van der Waals surface area contributed by atoms with E-state index in [4.69, 9.17) is 5.73 Å². The van der Waals surface area contributed by atoms with Crippen molar-refractivity contribution < 1.29 is 0 Å². The average molecular weight is 265 g/mol. The highest BCUT2D eigenvalue weighted by molar-refractivity contribution is 5.68. The maximum absolute atomic E-state index is 6.01. The number of hydrogen-bond acceptors (Lipinski definition) is 4. The van der Waals surface area contributed by atoms with Crippen molar-refractivity contribution in [2.75, 3.05) is 5.73 Å². The summed E-state index contributed by atoms with van der Waals surface area (Å²) in [6, 6.07) is 8.33. The lowest BCUT2D eigenvalue weighted by atomic mass is 10.1. The molecule has 3 rings (SSSR count). The van der Waals surface area contributed by atoms with Crippen molar-refractivity contribution in [1.29, 1.82) is 0 Å². The fourth-order valence-corrected chi connectivity index (χ4v) is 2.14. The van der Waals surface area contributed by atoms with Gasteiger partial charge in [0.15, 0.2) is 0 Å². The predicted octanol–water partition coefficient (Wildman–Crippen LogP) is 2.28. The molecule has 0 bridgehead atoms. The van der Waals surface area contributed by atoms with Crippen LogP contribution in [-0.4, -0.2) is 19.7 Å². The van der Waals surface area contributed by atoms with Crippen LogP contribution in [0.5, 0.6) is 0 Å². The Kier molecular flexibility index (Phi) is 3.16. The van der Waals surface area contributed by atoms with Crippen molar-refractivity contribution in [2.45, 2.75) is 13.5 Å². The molecular weight excluding hydrogens is 250 g/mol. The Balaban J connectivity index is 1.90. The van der Waals surface area contributed by atoms with Crippen molar-refractivity contribution in [1.82, 2.24) is 19.7 Å². The first-order chi connectivity index (χ1) is 9.72. The van der Waals surface area contributed by atoms with E-state index in [-0.39, 0.29) is 0 Å². The zero-order valence-electron chi connectivity index (χ0n) is 11.2. The third-order valence-electron chi connectivity index (χ3n) is 3.02. The SMILES string of the molecule is Cc1cccc(Cn2cc(N)c(-c3cnccn3)n2)c1. The van der Waals surface area contributed by atoms with Crippen LogP contribution in [-0.2, 0) is 6.54 Å². The van der Waals surface area contributed by atoms with Crippen molar-refractivity contribution >= 4 is 5.69 Å². The van der Waals surface area contributed by atoms with Crippen LogP contribution < -0.4 is 5.73 Å². The number of rotatable bonds is 3. The van der Waals surface area contributed by atoms with Crippen LogP contribution in [0.3, 0.4) is 0 Å². The van der Waals surface area contributed by atoms with E-state index in [0.717, 1.165) is 0 Å². The summed E-state index contributed by atoms with van der Waals surface area (Å²) in [4.78, 5) is 8.27. The number of aryl methyl sites for hydroxylation is 1. The molecule has 0 fully saturated rings. The number of hydrogen-bond donors (Lipinski definition) is 1. The number of nitrogen functional groups attached to an aromatic ring is 1. The minimum Gasteiger partial charge on any atom is -0.396 e. The molecule has 0 amide bonds. The van der Waals surface area contributed by atoms with E-state index in [1.807, 2.05) is 16.9 Å². The van der Waals surface area contributed by atoms with Crippen LogP contribution in [0.1, 0.15) is 11.1 Å². The standard InChI is InChI=1S/C15H15N5/c1-11-3-2-4-12(7-11)9-20-10-13(16)15(19-20)14-8-17-5-6-18-14/h2-8,10H,9,16H2,1H3. The van der Waals surface area contributed by atoms with Gasteiger partial charge >= 0.3 is 0 Å². The third kappa shape index (κ3) is 2.51. The molecule has 0 unspecified atom stereocenters. The molecule has 0 aliphatic carbocycles. The monoisotopic (exact) mass is 265 g/mol. The Morgan fingerprint density at radius 3 is 2.90 bits per heavy atom. The van der Waals surface area contributed by atoms with Gasteiger partial charge < -0.3 is 5.73 Å². The van der Waals surface area contributed by atoms with Gasteiger partial charge in [0.05, 0.1) is 18.4 Å². The molecule has 100 valence electrons. The normalized spacial score (nSPS) is 10.7. The van der Waals surface area contributed by atoms with Gasteiger partial charge in [-0.2, -0.15) is 5.10 Å². The second-order valence-electron chi connectivity index (χ2n) is 4.71. The molecule has 0 spiro atoms. The minimum atomic E-state index is 0.609. The van der Waals surface area contributed by atoms with Crippen LogP contribution in [0, 0.1) is 6.92 Å². The number of anilines is 1. The molecule has 0 radical (unpaired) electrons. The average Bonchev–Trinajstić information content (AvgIpc) is 2.80. The van der Waals surface area contributed by atoms with Crippen molar-refractivity contribution in [3.63, 3.8) is 0 Å². The Bertz CT molecular complexity index is 718. The van der Waals surface area contributed by atoms with Crippen LogP contribution in [0.25, 0.3) is 11.4 Å². The molecule has 0 saturated heterocycles. The summed E-state index contributed by atoms with van der Waals surface area (Å²) < 4.78 is 1.83. The lowest BCUT2D eigenvalue weighted by Gasteiger charge is -2.02. The van der Waals surface area contributed by atoms with E-state index in [1.165, 1.54) is 11.1 Å². The Labute approximate surface area is 117 Å². The second kappa shape index (κ2) is 5.13. The number of nitrogens with two attached hydrogens (primary N) is 1. The molecule has 0 aliphatic heterocycles. The summed E-state index contributed by atoms with van der Waals surface area (Å²) in [6.07, 6.45) is 6.75. The molecule has 0 aliphatic rings. The summed E-state index contributed by atoms with van der Waals surface area (Å²) in [6.45, 7) is 2.76. The number of aromatic nitrogens is 4. The molecule has 5 heteroatoms. The van der Waals surface area contributed by atoms with Crippen LogP contribution in [0.2, 0.25) is 0 Å². The Morgan fingerprint density at radius 1 is 1.25 bits per heavy atom. The van der Waals surface area contributed by atoms with Gasteiger partial charge in [-0.25, -0.2) is 0 Å². The topological polar surface area (TPSA) is 69.6 Å². The van der Waals surface area contributed by atoms with Crippen molar-refractivity contribution in [2.24, 2.45) is 0 Å². The zero-order chi connectivity index (χ0) is 13.9. The second-order valence-corrected chi connectivity index (χ2v) is 4.71. The number of nitrogens with zero attached hydrogens (tertiary/aromatic N) is 4. The van der Waals surface area contributed by atoms with E-state index in [9.17, 15) is 0 Å². The van der Waals surface area contributed by atoms with Crippen molar-refractivity contribution in [3.05, 3.63) is 60.2 Å². The molecule has 1 aromatic carbocycles. The molecular formula is C15H15N5. The van der Waals surface area contributed by atoms with Gasteiger partial charge in [0, 0.05) is 18.6 Å². The van der Waals surface area contributed by atoms with Gasteiger partial charge in [-0.3, -0.25) is 14.6 Å². The fraction of sp³-hybridized carbons (Fsp3) is 0.133. The Morgan fingerprint density at radius 2 is 2.15 bits per heavy atom. The smallest absolute Gasteiger partial charge is 0.135 e. The van der Waals surface area contributed by atoms with E-state index in [1.54, 1.807) is 18.6 Å². The van der Waals surface area contributed by atoms with E-state index < -0.39 is 0 Å². The molecule has 3 aromatic rings. The lowest BCUT2D eigenvalue weighted by molar-refractivity contribution is 0.688. The van der Waals surface area contributed by atoms with Gasteiger partial charge in [-0.1, -0.05) is 29.8 Å². The highest BCUT2D eigenvalue weighted by atomic mass is 15.3. The lowest BCUT2D eigenvalue weighted by Crippen LogP contribution is -2.00. The molecule has 0 atom stereocenters. The summed E-state index contributed by atoms with van der Waals surface area (Å²) in [5.74, 6) is 0. The maximum Gasteiger partial charge on any atom is 0.135 e. The largest absolute Gasteiger partial charge is 0.396 e. The molecule has 2 N–H and O–H groups in total. The summed E-state index contributed by atoms with van der Waals surface area (Å²) in [5, 5.41) is 4.49. The third-order valence-corrected chi connectivity index (χ3v) is 3.02. The van der Waals surface area contributed by atoms with E-state index in [2.05, 4.69) is 40.2 Å². The van der Waals surface area contributed by atoms with E-state index >= 15 is 0 Å². The predicted molar refractivity (Wildman–Crippen MR) is 77.9 cm³/mol.